The highest BCUT2D eigenvalue weighted by molar-refractivity contribution is 5.43. The lowest BCUT2D eigenvalue weighted by atomic mass is 9.59. The lowest BCUT2D eigenvalue weighted by Crippen LogP contribution is -2.50. The molecule has 0 amide bonds. The van der Waals surface area contributed by atoms with Crippen molar-refractivity contribution in [1.82, 2.24) is 0 Å². The second-order valence-corrected chi connectivity index (χ2v) is 7.84. The fraction of sp³-hybridized carbons (Fsp3) is 0.391. The van der Waals surface area contributed by atoms with Crippen LogP contribution >= 0.6 is 0 Å². The van der Waals surface area contributed by atoms with Gasteiger partial charge in [-0.25, -0.2) is 8.78 Å². The van der Waals surface area contributed by atoms with Crippen molar-refractivity contribution in [3.05, 3.63) is 82.4 Å². The third-order valence-corrected chi connectivity index (χ3v) is 6.16. The minimum atomic E-state index is -1.10. The summed E-state index contributed by atoms with van der Waals surface area (Å²) in [4.78, 5) is 0. The van der Waals surface area contributed by atoms with Crippen molar-refractivity contribution >= 4 is 0 Å². The zero-order chi connectivity index (χ0) is 18.4. The van der Waals surface area contributed by atoms with Gasteiger partial charge in [-0.2, -0.15) is 0 Å². The Morgan fingerprint density at radius 3 is 1.88 bits per heavy atom. The Morgan fingerprint density at radius 1 is 0.769 bits per heavy atom. The molecule has 3 aliphatic carbocycles. The number of rotatable bonds is 4. The first-order valence-electron chi connectivity index (χ1n) is 9.28. The van der Waals surface area contributed by atoms with Gasteiger partial charge in [0, 0.05) is 0 Å². The maximum Gasteiger partial charge on any atom is 0.164 e. The molecule has 2 aromatic rings. The van der Waals surface area contributed by atoms with Gasteiger partial charge in [0.05, 0.1) is 12.0 Å². The van der Waals surface area contributed by atoms with E-state index in [9.17, 15) is 0 Å². The summed E-state index contributed by atoms with van der Waals surface area (Å²) in [5.41, 5.74) is 2.25. The topological polar surface area (TPSA) is 9.23 Å². The fourth-order valence-electron chi connectivity index (χ4n) is 4.33. The zero-order valence-electron chi connectivity index (χ0n) is 15.3. The lowest BCUT2D eigenvalue weighted by Gasteiger charge is -2.50. The maximum atomic E-state index is 15.2. The van der Waals surface area contributed by atoms with E-state index in [-0.39, 0.29) is 0 Å². The minimum absolute atomic E-state index is 0.304. The van der Waals surface area contributed by atoms with Crippen molar-refractivity contribution in [3.8, 4) is 0 Å². The van der Waals surface area contributed by atoms with Crippen LogP contribution in [-0.4, -0.2) is 5.60 Å². The van der Waals surface area contributed by atoms with Crippen LogP contribution < -0.4 is 0 Å². The van der Waals surface area contributed by atoms with Gasteiger partial charge in [0.25, 0.3) is 0 Å². The molecule has 26 heavy (non-hydrogen) atoms. The number of aryl methyl sites for hydroxylation is 2. The molecule has 0 heterocycles. The Morgan fingerprint density at radius 2 is 1.31 bits per heavy atom. The van der Waals surface area contributed by atoms with Crippen LogP contribution in [-0.2, 0) is 16.8 Å². The highest BCUT2D eigenvalue weighted by Gasteiger charge is 2.57. The Balaban J connectivity index is 1.61. The molecule has 0 aliphatic heterocycles. The van der Waals surface area contributed by atoms with Gasteiger partial charge in [-0.1, -0.05) is 59.7 Å². The first-order valence-corrected chi connectivity index (χ1v) is 9.28. The Labute approximate surface area is 153 Å². The molecular weight excluding hydrogens is 330 g/mol. The van der Waals surface area contributed by atoms with Gasteiger partial charge >= 0.3 is 0 Å². The van der Waals surface area contributed by atoms with Crippen molar-refractivity contribution in [2.75, 3.05) is 0 Å². The lowest BCUT2D eigenvalue weighted by molar-refractivity contribution is -0.0941. The van der Waals surface area contributed by atoms with E-state index in [1.807, 2.05) is 62.4 Å². The molecule has 1 saturated carbocycles. The molecule has 0 spiro atoms. The minimum Gasteiger partial charge on any atom is -0.363 e. The van der Waals surface area contributed by atoms with Crippen LogP contribution in [0.5, 0.6) is 0 Å². The van der Waals surface area contributed by atoms with E-state index in [4.69, 9.17) is 4.74 Å². The Kier molecular flexibility index (Phi) is 4.23. The fourth-order valence-corrected chi connectivity index (χ4v) is 4.33. The largest absolute Gasteiger partial charge is 0.363 e. The summed E-state index contributed by atoms with van der Waals surface area (Å²) >= 11 is 0. The van der Waals surface area contributed by atoms with Gasteiger partial charge < -0.3 is 4.74 Å². The summed E-state index contributed by atoms with van der Waals surface area (Å²) in [7, 11) is 0. The van der Waals surface area contributed by atoms with Crippen LogP contribution in [0.2, 0.25) is 0 Å². The van der Waals surface area contributed by atoms with Crippen LogP contribution in [0.3, 0.4) is 0 Å². The normalized spacial score (nSPS) is 27.8. The van der Waals surface area contributed by atoms with E-state index in [0.717, 1.165) is 16.7 Å². The monoisotopic (exact) mass is 354 g/mol. The molecule has 136 valence electrons. The zero-order valence-corrected chi connectivity index (χ0v) is 15.3. The first-order chi connectivity index (χ1) is 12.5. The molecule has 0 unspecified atom stereocenters. The number of hydrogen-bond donors (Lipinski definition) is 0. The molecule has 5 rings (SSSR count). The molecule has 2 aromatic carbocycles. The van der Waals surface area contributed by atoms with Crippen LogP contribution in [0.15, 0.2) is 60.2 Å². The predicted octanol–water partition coefficient (Wildman–Crippen LogP) is 6.24. The van der Waals surface area contributed by atoms with Gasteiger partial charge in [0.15, 0.2) is 5.83 Å². The average molecular weight is 354 g/mol. The average Bonchev–Trinajstić information content (AvgIpc) is 2.66. The van der Waals surface area contributed by atoms with E-state index in [2.05, 4.69) is 0 Å². The van der Waals surface area contributed by atoms with Gasteiger partial charge in [-0.3, -0.25) is 0 Å². The summed E-state index contributed by atoms with van der Waals surface area (Å²) in [5.74, 6) is -1.31. The number of hydrogen-bond acceptors (Lipinski definition) is 1. The molecule has 2 bridgehead atoms. The number of allylic oxidation sites excluding steroid dienone is 1. The summed E-state index contributed by atoms with van der Waals surface area (Å²) in [6, 6.07) is 15.8. The third kappa shape index (κ3) is 2.69. The van der Waals surface area contributed by atoms with Crippen molar-refractivity contribution in [3.63, 3.8) is 0 Å². The van der Waals surface area contributed by atoms with Crippen LogP contribution in [0.4, 0.5) is 8.78 Å². The number of halogens is 2. The molecular formula is C23H24F2O. The van der Waals surface area contributed by atoms with Crippen LogP contribution in [0.1, 0.15) is 47.9 Å². The molecule has 1 fully saturated rings. The maximum absolute atomic E-state index is 15.2. The second kappa shape index (κ2) is 6.31. The number of fused-ring (bicyclic) bond motifs is 2. The van der Waals surface area contributed by atoms with Gasteiger partial charge in [0.1, 0.15) is 11.4 Å². The van der Waals surface area contributed by atoms with Gasteiger partial charge in [-0.05, 0) is 50.7 Å². The van der Waals surface area contributed by atoms with E-state index < -0.39 is 22.7 Å². The van der Waals surface area contributed by atoms with Crippen molar-refractivity contribution < 1.29 is 13.5 Å². The number of ether oxygens (including phenoxy) is 1. The van der Waals surface area contributed by atoms with Gasteiger partial charge in [0.2, 0.25) is 0 Å². The molecule has 0 N–H and O–H groups in total. The Bertz CT molecular complexity index is 826. The van der Waals surface area contributed by atoms with E-state index in [1.54, 1.807) is 0 Å². The quantitative estimate of drug-likeness (QED) is 0.632. The molecule has 0 saturated heterocycles. The highest BCUT2D eigenvalue weighted by atomic mass is 19.2. The standard InChI is InChI=1S/C23H24F2O/c1-16-3-7-18(8-4-16)15-26-23-13-11-22(12-14-23,20(24)21(23)25)19-9-5-17(2)6-10-19/h3-10H,11-15H2,1-2H3. The molecule has 3 heteroatoms. The van der Waals surface area contributed by atoms with E-state index in [1.165, 1.54) is 5.56 Å². The third-order valence-electron chi connectivity index (χ3n) is 6.16. The summed E-state index contributed by atoms with van der Waals surface area (Å²) in [6.07, 6.45) is 2.21. The van der Waals surface area contributed by atoms with Crippen LogP contribution in [0, 0.1) is 13.8 Å². The van der Waals surface area contributed by atoms with Crippen molar-refractivity contribution in [1.29, 1.82) is 0 Å². The van der Waals surface area contributed by atoms with Crippen molar-refractivity contribution in [2.24, 2.45) is 0 Å². The Hall–Kier alpha value is -2.00. The molecule has 3 aliphatic rings. The van der Waals surface area contributed by atoms with Crippen LogP contribution in [0.25, 0.3) is 0 Å². The predicted molar refractivity (Wildman–Crippen MR) is 99.3 cm³/mol. The van der Waals surface area contributed by atoms with Crippen molar-refractivity contribution in [2.45, 2.75) is 57.2 Å². The summed E-state index contributed by atoms with van der Waals surface area (Å²) in [6.45, 7) is 4.33. The summed E-state index contributed by atoms with van der Waals surface area (Å²) in [5, 5.41) is 0. The second-order valence-electron chi connectivity index (χ2n) is 7.84. The SMILES string of the molecule is Cc1ccc(COC23CCC(c4ccc(C)cc4)(CC2)C(F)=C3F)cc1. The number of benzene rings is 2. The van der Waals surface area contributed by atoms with E-state index >= 15 is 8.78 Å². The first kappa shape index (κ1) is 17.4. The molecule has 0 atom stereocenters. The molecule has 0 aromatic heterocycles. The van der Waals surface area contributed by atoms with Gasteiger partial charge in [-0.15, -0.1) is 0 Å². The summed E-state index contributed by atoms with van der Waals surface area (Å²) < 4.78 is 36.2. The van der Waals surface area contributed by atoms with E-state index in [0.29, 0.717) is 32.3 Å². The molecule has 1 nitrogen and oxygen atoms in total. The highest BCUT2D eigenvalue weighted by Crippen LogP contribution is 2.58. The molecule has 0 radical (unpaired) electrons. The smallest absolute Gasteiger partial charge is 0.164 e.